The van der Waals surface area contributed by atoms with Crippen LogP contribution in [0.2, 0.25) is 13.1 Å². The predicted molar refractivity (Wildman–Crippen MR) is 124 cm³/mol. The van der Waals surface area contributed by atoms with Crippen LogP contribution in [0.25, 0.3) is 22.4 Å². The molecule has 0 aliphatic carbocycles. The van der Waals surface area contributed by atoms with Crippen LogP contribution in [-0.4, -0.2) is 21.5 Å². The number of nitrogens with zero attached hydrogens (tertiary/aromatic N) is 1. The average Bonchev–Trinajstić information content (AvgIpc) is 3.01. The molecule has 0 spiro atoms. The highest BCUT2D eigenvalue weighted by Crippen LogP contribution is 2.44. The molecule has 1 aliphatic heterocycles. The van der Waals surface area contributed by atoms with Crippen molar-refractivity contribution in [2.75, 3.05) is 0 Å². The van der Waals surface area contributed by atoms with Gasteiger partial charge in [0.2, 0.25) is 9.84 Å². The highest BCUT2D eigenvalue weighted by Gasteiger charge is 2.32. The SMILES string of the molecule is C[Si](C)(c1ccccc1)c1ccc(-c2ccc3c(c2)-c2ccccc2S3(=O)=O)nc1. The molecule has 0 saturated heterocycles. The second-order valence-electron chi connectivity index (χ2n) is 8.13. The summed E-state index contributed by atoms with van der Waals surface area (Å²) < 4.78 is 25.6. The van der Waals surface area contributed by atoms with Crippen molar-refractivity contribution in [2.45, 2.75) is 22.9 Å². The van der Waals surface area contributed by atoms with E-state index < -0.39 is 17.9 Å². The zero-order valence-electron chi connectivity index (χ0n) is 16.8. The maximum absolute atomic E-state index is 12.8. The van der Waals surface area contributed by atoms with Crippen molar-refractivity contribution in [3.8, 4) is 22.4 Å². The topological polar surface area (TPSA) is 47.0 Å². The summed E-state index contributed by atoms with van der Waals surface area (Å²) in [5.74, 6) is 0. The number of aromatic nitrogens is 1. The maximum Gasteiger partial charge on any atom is 0.207 e. The Bertz CT molecular complexity index is 1360. The Morgan fingerprint density at radius 1 is 0.700 bits per heavy atom. The van der Waals surface area contributed by atoms with Crippen molar-refractivity contribution in [1.29, 1.82) is 0 Å². The molecule has 5 heteroatoms. The summed E-state index contributed by atoms with van der Waals surface area (Å²) in [5, 5.41) is 2.64. The molecule has 3 nitrogen and oxygen atoms in total. The van der Waals surface area contributed by atoms with E-state index in [4.69, 9.17) is 4.98 Å². The summed E-state index contributed by atoms with van der Waals surface area (Å²) in [7, 11) is -5.24. The van der Waals surface area contributed by atoms with E-state index in [1.54, 1.807) is 18.2 Å². The van der Waals surface area contributed by atoms with Gasteiger partial charge in [0.25, 0.3) is 0 Å². The smallest absolute Gasteiger partial charge is 0.207 e. The van der Waals surface area contributed by atoms with Crippen molar-refractivity contribution in [3.63, 3.8) is 0 Å². The largest absolute Gasteiger partial charge is 0.256 e. The van der Waals surface area contributed by atoms with Crippen LogP contribution in [-0.2, 0) is 9.84 Å². The fraction of sp³-hybridized carbons (Fsp3) is 0.0800. The Morgan fingerprint density at radius 2 is 1.40 bits per heavy atom. The minimum Gasteiger partial charge on any atom is -0.256 e. The number of benzene rings is 3. The number of hydrogen-bond donors (Lipinski definition) is 0. The monoisotopic (exact) mass is 427 g/mol. The standard InChI is InChI=1S/C25H21NO2SSi/c1-30(2,19-8-4-3-5-9-19)20-13-14-23(26-17-20)18-12-15-25-22(16-18)21-10-6-7-11-24(21)29(25,27)28/h3-17H,1-2H3. The van der Waals surface area contributed by atoms with Crippen LogP contribution >= 0.6 is 0 Å². The molecule has 0 atom stereocenters. The summed E-state index contributed by atoms with van der Waals surface area (Å²) in [4.78, 5) is 5.51. The summed E-state index contributed by atoms with van der Waals surface area (Å²) in [5.41, 5.74) is 3.30. The first kappa shape index (κ1) is 19.0. The lowest BCUT2D eigenvalue weighted by atomic mass is 10.0. The van der Waals surface area contributed by atoms with Gasteiger partial charge in [-0.05, 0) is 29.5 Å². The van der Waals surface area contributed by atoms with Gasteiger partial charge < -0.3 is 0 Å². The Balaban J connectivity index is 1.55. The quantitative estimate of drug-likeness (QED) is 0.401. The number of hydrogen-bond acceptors (Lipinski definition) is 3. The molecule has 0 fully saturated rings. The lowest BCUT2D eigenvalue weighted by Crippen LogP contribution is -2.52. The summed E-state index contributed by atoms with van der Waals surface area (Å²) >= 11 is 0. The predicted octanol–water partition coefficient (Wildman–Crippen LogP) is 4.38. The van der Waals surface area contributed by atoms with Gasteiger partial charge in [-0.15, -0.1) is 0 Å². The third kappa shape index (κ3) is 2.85. The normalized spacial score (nSPS) is 14.2. The van der Waals surface area contributed by atoms with Crippen LogP contribution in [0.4, 0.5) is 0 Å². The fourth-order valence-corrected chi connectivity index (χ4v) is 8.05. The molecule has 4 aromatic rings. The fourth-order valence-electron chi connectivity index (χ4n) is 4.13. The molecule has 5 rings (SSSR count). The van der Waals surface area contributed by atoms with Crippen molar-refractivity contribution < 1.29 is 8.42 Å². The molecule has 148 valence electrons. The van der Waals surface area contributed by atoms with Crippen LogP contribution in [0.5, 0.6) is 0 Å². The van der Waals surface area contributed by atoms with Crippen LogP contribution in [0.15, 0.2) is 101 Å². The molecular formula is C25H21NO2SSi. The van der Waals surface area contributed by atoms with E-state index in [0.29, 0.717) is 9.79 Å². The van der Waals surface area contributed by atoms with Gasteiger partial charge in [-0.25, -0.2) is 8.42 Å². The van der Waals surface area contributed by atoms with Gasteiger partial charge in [0.15, 0.2) is 0 Å². The molecule has 30 heavy (non-hydrogen) atoms. The molecule has 0 radical (unpaired) electrons. The Morgan fingerprint density at radius 3 is 2.13 bits per heavy atom. The van der Waals surface area contributed by atoms with Gasteiger partial charge in [-0.3, -0.25) is 4.98 Å². The minimum atomic E-state index is -3.44. The maximum atomic E-state index is 12.8. The third-order valence-electron chi connectivity index (χ3n) is 6.01. The van der Waals surface area contributed by atoms with E-state index in [-0.39, 0.29) is 0 Å². The van der Waals surface area contributed by atoms with Gasteiger partial charge in [0.1, 0.15) is 8.07 Å². The van der Waals surface area contributed by atoms with Gasteiger partial charge in [0.05, 0.1) is 15.5 Å². The molecule has 1 aliphatic rings. The lowest BCUT2D eigenvalue weighted by Gasteiger charge is -2.23. The third-order valence-corrected chi connectivity index (χ3v) is 11.4. The van der Waals surface area contributed by atoms with Crippen molar-refractivity contribution in [2.24, 2.45) is 0 Å². The van der Waals surface area contributed by atoms with Gasteiger partial charge in [-0.1, -0.05) is 78.9 Å². The van der Waals surface area contributed by atoms with E-state index in [1.807, 2.05) is 42.6 Å². The van der Waals surface area contributed by atoms with E-state index in [9.17, 15) is 8.42 Å². The summed E-state index contributed by atoms with van der Waals surface area (Å²) in [6, 6.07) is 27.5. The van der Waals surface area contributed by atoms with E-state index in [2.05, 4.69) is 43.4 Å². The van der Waals surface area contributed by atoms with Crippen LogP contribution in [0.3, 0.4) is 0 Å². The second-order valence-corrected chi connectivity index (χ2v) is 14.4. The first-order chi connectivity index (χ1) is 14.4. The van der Waals surface area contributed by atoms with Gasteiger partial charge >= 0.3 is 0 Å². The number of pyridine rings is 1. The summed E-state index contributed by atoms with van der Waals surface area (Å²) in [6.07, 6.45) is 1.98. The van der Waals surface area contributed by atoms with E-state index in [1.165, 1.54) is 10.4 Å². The highest BCUT2D eigenvalue weighted by molar-refractivity contribution is 7.92. The zero-order chi connectivity index (χ0) is 20.9. The Labute approximate surface area is 178 Å². The van der Waals surface area contributed by atoms with Crippen LogP contribution < -0.4 is 10.4 Å². The first-order valence-corrected chi connectivity index (χ1v) is 14.4. The Hall–Kier alpha value is -3.02. The van der Waals surface area contributed by atoms with Crippen molar-refractivity contribution in [3.05, 3.63) is 91.1 Å². The van der Waals surface area contributed by atoms with Crippen molar-refractivity contribution in [1.82, 2.24) is 4.98 Å². The Kier molecular flexibility index (Phi) is 4.27. The van der Waals surface area contributed by atoms with Gasteiger partial charge in [-0.2, -0.15) is 0 Å². The molecule has 0 bridgehead atoms. The molecular weight excluding hydrogens is 406 g/mol. The highest BCUT2D eigenvalue weighted by atomic mass is 32.2. The molecule has 0 amide bonds. The molecule has 0 N–H and O–H groups in total. The number of rotatable bonds is 3. The van der Waals surface area contributed by atoms with Gasteiger partial charge in [0, 0.05) is 22.9 Å². The molecule has 0 unspecified atom stereocenters. The number of fused-ring (bicyclic) bond motifs is 3. The molecule has 1 aromatic heterocycles. The molecule has 0 saturated carbocycles. The minimum absolute atomic E-state index is 0.377. The summed E-state index contributed by atoms with van der Waals surface area (Å²) in [6.45, 7) is 4.66. The number of sulfone groups is 1. The molecule has 3 aromatic carbocycles. The van der Waals surface area contributed by atoms with Crippen LogP contribution in [0.1, 0.15) is 0 Å². The lowest BCUT2D eigenvalue weighted by molar-refractivity contribution is 0.598. The zero-order valence-corrected chi connectivity index (χ0v) is 18.6. The molecule has 2 heterocycles. The second kappa shape index (κ2) is 6.76. The van der Waals surface area contributed by atoms with Crippen LogP contribution in [0, 0.1) is 0 Å². The van der Waals surface area contributed by atoms with Crippen molar-refractivity contribution >= 4 is 28.3 Å². The first-order valence-electron chi connectivity index (χ1n) is 9.90. The average molecular weight is 428 g/mol. The van der Waals surface area contributed by atoms with E-state index >= 15 is 0 Å². The van der Waals surface area contributed by atoms with E-state index in [0.717, 1.165) is 22.4 Å².